The second kappa shape index (κ2) is 5.82. The van der Waals surface area contributed by atoms with Crippen molar-refractivity contribution in [2.45, 2.75) is 33.4 Å². The first-order valence-corrected chi connectivity index (χ1v) is 5.90. The molecule has 3 heteroatoms. The van der Waals surface area contributed by atoms with Gasteiger partial charge in [-0.2, -0.15) is 0 Å². The van der Waals surface area contributed by atoms with Gasteiger partial charge in [-0.3, -0.25) is 9.69 Å². The van der Waals surface area contributed by atoms with E-state index in [1.807, 2.05) is 50.9 Å². The number of hydrogen-bond acceptors (Lipinski definition) is 2. The van der Waals surface area contributed by atoms with Gasteiger partial charge in [0.15, 0.2) is 0 Å². The number of carbonyl (C=O) groups is 1. The lowest BCUT2D eigenvalue weighted by Crippen LogP contribution is -2.41. The van der Waals surface area contributed by atoms with E-state index in [-0.39, 0.29) is 5.92 Å². The molecule has 0 aliphatic carbocycles. The van der Waals surface area contributed by atoms with Gasteiger partial charge in [-0.15, -0.1) is 0 Å². The maximum absolute atomic E-state index is 11.2. The van der Waals surface area contributed by atoms with Crippen LogP contribution < -0.4 is 0 Å². The standard InChI is InChI=1S/C14H21NO2/c1-10(2)13(14(16)17)15(4)9-12-7-5-6-11(3)8-12/h5-8,10,13H,9H2,1-4H3,(H,16,17). The van der Waals surface area contributed by atoms with Crippen molar-refractivity contribution < 1.29 is 9.90 Å². The number of aliphatic carboxylic acids is 1. The highest BCUT2D eigenvalue weighted by molar-refractivity contribution is 5.73. The molecule has 0 fully saturated rings. The van der Waals surface area contributed by atoms with Gasteiger partial charge in [0, 0.05) is 6.54 Å². The molecule has 0 aliphatic heterocycles. The zero-order valence-corrected chi connectivity index (χ0v) is 11.0. The van der Waals surface area contributed by atoms with Crippen molar-refractivity contribution in [1.82, 2.24) is 4.90 Å². The maximum atomic E-state index is 11.2. The largest absolute Gasteiger partial charge is 0.480 e. The SMILES string of the molecule is Cc1cccc(CN(C)C(C(=O)O)C(C)C)c1. The molecule has 1 unspecified atom stereocenters. The van der Waals surface area contributed by atoms with E-state index < -0.39 is 12.0 Å². The van der Waals surface area contributed by atoms with Gasteiger partial charge in [-0.05, 0) is 25.5 Å². The summed E-state index contributed by atoms with van der Waals surface area (Å²) in [6.07, 6.45) is 0. The van der Waals surface area contributed by atoms with Gasteiger partial charge in [0.1, 0.15) is 6.04 Å². The van der Waals surface area contributed by atoms with Crippen molar-refractivity contribution in [2.24, 2.45) is 5.92 Å². The predicted molar refractivity (Wildman–Crippen MR) is 68.9 cm³/mol. The van der Waals surface area contributed by atoms with Gasteiger partial charge < -0.3 is 5.11 Å². The summed E-state index contributed by atoms with van der Waals surface area (Å²) in [5.41, 5.74) is 2.35. The van der Waals surface area contributed by atoms with E-state index >= 15 is 0 Å². The van der Waals surface area contributed by atoms with E-state index in [1.54, 1.807) is 0 Å². The molecule has 0 aromatic heterocycles. The fourth-order valence-electron chi connectivity index (χ4n) is 2.18. The average molecular weight is 235 g/mol. The maximum Gasteiger partial charge on any atom is 0.321 e. The van der Waals surface area contributed by atoms with Gasteiger partial charge in [0.2, 0.25) is 0 Å². The number of aryl methyl sites for hydroxylation is 1. The molecular weight excluding hydrogens is 214 g/mol. The Morgan fingerprint density at radius 3 is 2.53 bits per heavy atom. The lowest BCUT2D eigenvalue weighted by molar-refractivity contribution is -0.144. The molecule has 0 saturated carbocycles. The molecule has 1 atom stereocenters. The summed E-state index contributed by atoms with van der Waals surface area (Å²) in [4.78, 5) is 13.1. The van der Waals surface area contributed by atoms with Crippen molar-refractivity contribution in [3.63, 3.8) is 0 Å². The van der Waals surface area contributed by atoms with Crippen LogP contribution in [0.1, 0.15) is 25.0 Å². The zero-order chi connectivity index (χ0) is 13.0. The Balaban J connectivity index is 2.76. The van der Waals surface area contributed by atoms with Gasteiger partial charge in [-0.25, -0.2) is 0 Å². The van der Waals surface area contributed by atoms with Gasteiger partial charge in [0.05, 0.1) is 0 Å². The Labute approximate surface area is 103 Å². The van der Waals surface area contributed by atoms with Crippen LogP contribution in [0.15, 0.2) is 24.3 Å². The Bertz CT molecular complexity index is 388. The minimum atomic E-state index is -0.754. The second-order valence-electron chi connectivity index (χ2n) is 4.93. The molecule has 1 aromatic carbocycles. The number of likely N-dealkylation sites (N-methyl/N-ethyl adjacent to an activating group) is 1. The lowest BCUT2D eigenvalue weighted by atomic mass is 10.0. The first-order valence-electron chi connectivity index (χ1n) is 5.90. The number of rotatable bonds is 5. The van der Waals surface area contributed by atoms with Gasteiger partial charge in [0.25, 0.3) is 0 Å². The molecule has 0 heterocycles. The lowest BCUT2D eigenvalue weighted by Gasteiger charge is -2.27. The quantitative estimate of drug-likeness (QED) is 0.852. The van der Waals surface area contributed by atoms with E-state index in [0.29, 0.717) is 6.54 Å². The molecule has 1 aromatic rings. The Morgan fingerprint density at radius 1 is 1.41 bits per heavy atom. The molecule has 1 rings (SSSR count). The number of carboxylic acids is 1. The molecule has 17 heavy (non-hydrogen) atoms. The van der Waals surface area contributed by atoms with Crippen LogP contribution in [0.25, 0.3) is 0 Å². The minimum Gasteiger partial charge on any atom is -0.480 e. The first kappa shape index (κ1) is 13.7. The third-order valence-corrected chi connectivity index (χ3v) is 2.87. The fourth-order valence-corrected chi connectivity index (χ4v) is 2.18. The van der Waals surface area contributed by atoms with Crippen molar-refractivity contribution in [1.29, 1.82) is 0 Å². The summed E-state index contributed by atoms with van der Waals surface area (Å²) < 4.78 is 0. The number of benzene rings is 1. The fraction of sp³-hybridized carbons (Fsp3) is 0.500. The second-order valence-corrected chi connectivity index (χ2v) is 4.93. The van der Waals surface area contributed by atoms with Gasteiger partial charge in [-0.1, -0.05) is 43.7 Å². The molecule has 0 saturated heterocycles. The summed E-state index contributed by atoms with van der Waals surface area (Å²) >= 11 is 0. The van der Waals surface area contributed by atoms with Crippen LogP contribution in [0.4, 0.5) is 0 Å². The highest BCUT2D eigenvalue weighted by atomic mass is 16.4. The third kappa shape index (κ3) is 3.86. The summed E-state index contributed by atoms with van der Waals surface area (Å²) in [7, 11) is 1.86. The average Bonchev–Trinajstić information content (AvgIpc) is 2.15. The van der Waals surface area contributed by atoms with Crippen LogP contribution in [-0.4, -0.2) is 29.1 Å². The highest BCUT2D eigenvalue weighted by Gasteiger charge is 2.25. The van der Waals surface area contributed by atoms with E-state index in [9.17, 15) is 9.90 Å². The van der Waals surface area contributed by atoms with E-state index in [4.69, 9.17) is 0 Å². The van der Waals surface area contributed by atoms with E-state index in [2.05, 4.69) is 6.07 Å². The summed E-state index contributed by atoms with van der Waals surface area (Å²) in [5, 5.41) is 9.21. The molecule has 0 amide bonds. The molecule has 1 N–H and O–H groups in total. The predicted octanol–water partition coefficient (Wildman–Crippen LogP) is 2.54. The molecule has 0 radical (unpaired) electrons. The van der Waals surface area contributed by atoms with Crippen LogP contribution in [0, 0.1) is 12.8 Å². The summed E-state index contributed by atoms with van der Waals surface area (Å²) in [6.45, 7) is 6.58. The normalized spacial score (nSPS) is 13.1. The number of hydrogen-bond donors (Lipinski definition) is 1. The number of carboxylic acid groups (broad SMARTS) is 1. The molecule has 0 aliphatic rings. The topological polar surface area (TPSA) is 40.5 Å². The first-order chi connectivity index (χ1) is 7.91. The number of nitrogens with zero attached hydrogens (tertiary/aromatic N) is 1. The molecule has 0 bridgehead atoms. The van der Waals surface area contributed by atoms with Crippen LogP contribution in [0.2, 0.25) is 0 Å². The van der Waals surface area contributed by atoms with Crippen LogP contribution >= 0.6 is 0 Å². The zero-order valence-electron chi connectivity index (χ0n) is 11.0. The summed E-state index contributed by atoms with van der Waals surface area (Å²) in [5.74, 6) is -0.655. The van der Waals surface area contributed by atoms with Gasteiger partial charge >= 0.3 is 5.97 Å². The molecule has 3 nitrogen and oxygen atoms in total. The van der Waals surface area contributed by atoms with Crippen molar-refractivity contribution >= 4 is 5.97 Å². The summed E-state index contributed by atoms with van der Waals surface area (Å²) in [6, 6.07) is 7.73. The van der Waals surface area contributed by atoms with Crippen molar-refractivity contribution in [3.8, 4) is 0 Å². The van der Waals surface area contributed by atoms with Crippen LogP contribution in [-0.2, 0) is 11.3 Å². The molecular formula is C14H21NO2. The molecule has 94 valence electrons. The van der Waals surface area contributed by atoms with Crippen molar-refractivity contribution in [2.75, 3.05) is 7.05 Å². The van der Waals surface area contributed by atoms with E-state index in [1.165, 1.54) is 5.56 Å². The van der Waals surface area contributed by atoms with E-state index in [0.717, 1.165) is 5.56 Å². The Morgan fingerprint density at radius 2 is 2.06 bits per heavy atom. The highest BCUT2D eigenvalue weighted by Crippen LogP contribution is 2.14. The Kier molecular flexibility index (Phi) is 4.70. The minimum absolute atomic E-state index is 0.0994. The monoisotopic (exact) mass is 235 g/mol. The third-order valence-electron chi connectivity index (χ3n) is 2.87. The Hall–Kier alpha value is -1.35. The van der Waals surface area contributed by atoms with Crippen LogP contribution in [0.5, 0.6) is 0 Å². The van der Waals surface area contributed by atoms with Crippen LogP contribution in [0.3, 0.4) is 0 Å². The van der Waals surface area contributed by atoms with Crippen molar-refractivity contribution in [3.05, 3.63) is 35.4 Å². The smallest absolute Gasteiger partial charge is 0.321 e. The molecule has 0 spiro atoms.